The highest BCUT2D eigenvalue weighted by molar-refractivity contribution is 5.91. The van der Waals surface area contributed by atoms with Crippen molar-refractivity contribution in [1.82, 2.24) is 14.7 Å². The highest BCUT2D eigenvalue weighted by Gasteiger charge is 2.37. The van der Waals surface area contributed by atoms with Crippen LogP contribution in [0.1, 0.15) is 91.1 Å². The Morgan fingerprint density at radius 3 is 2.24 bits per heavy atom. The first-order valence-corrected chi connectivity index (χ1v) is 15.6. The van der Waals surface area contributed by atoms with Gasteiger partial charge in [-0.15, -0.1) is 0 Å². The molecule has 3 aromatic rings. The summed E-state index contributed by atoms with van der Waals surface area (Å²) in [5.74, 6) is 0.776. The summed E-state index contributed by atoms with van der Waals surface area (Å²) in [7, 11) is 2.16. The van der Waals surface area contributed by atoms with E-state index in [0.717, 1.165) is 50.5 Å². The molecule has 1 aliphatic heterocycles. The Balaban J connectivity index is 1.31. The molecule has 226 valence electrons. The van der Waals surface area contributed by atoms with Crippen molar-refractivity contribution >= 4 is 5.91 Å². The zero-order valence-corrected chi connectivity index (χ0v) is 26.4. The van der Waals surface area contributed by atoms with Gasteiger partial charge in [0.15, 0.2) is 5.76 Å². The number of hydrogen-bond acceptors (Lipinski definition) is 4. The molecule has 5 rings (SSSR count). The van der Waals surface area contributed by atoms with E-state index in [1.54, 1.807) is 12.1 Å². The van der Waals surface area contributed by atoms with Gasteiger partial charge in [-0.05, 0) is 103 Å². The van der Waals surface area contributed by atoms with Gasteiger partial charge in [0.05, 0.1) is 0 Å². The summed E-state index contributed by atoms with van der Waals surface area (Å²) < 4.78 is 19.8. The minimum atomic E-state index is -0.271. The quantitative estimate of drug-likeness (QED) is 0.278. The molecule has 2 heterocycles. The maximum absolute atomic E-state index is 13.8. The number of hydrogen-bond donors (Lipinski definition) is 0. The first kappa shape index (κ1) is 30.5. The summed E-state index contributed by atoms with van der Waals surface area (Å²) >= 11 is 0. The van der Waals surface area contributed by atoms with Crippen LogP contribution in [-0.2, 0) is 23.8 Å². The third-order valence-electron chi connectivity index (χ3n) is 9.62. The Hall–Kier alpha value is -2.96. The third-order valence-corrected chi connectivity index (χ3v) is 9.62. The summed E-state index contributed by atoms with van der Waals surface area (Å²) in [6, 6.07) is 14.9. The summed E-state index contributed by atoms with van der Waals surface area (Å²) in [5, 5.41) is 0. The Kier molecular flexibility index (Phi) is 8.96. The second-order valence-corrected chi connectivity index (χ2v) is 13.9. The molecule has 0 bridgehead atoms. The molecule has 0 saturated carbocycles. The molecule has 0 spiro atoms. The summed E-state index contributed by atoms with van der Waals surface area (Å²) in [6.07, 6.45) is 3.90. The number of halogens is 1. The number of aryl methyl sites for hydroxylation is 1. The first-order chi connectivity index (χ1) is 19.9. The Bertz CT molecular complexity index is 1380. The topological polar surface area (TPSA) is 39.9 Å². The fourth-order valence-electron chi connectivity index (χ4n) is 6.51. The molecule has 1 fully saturated rings. The summed E-state index contributed by atoms with van der Waals surface area (Å²) in [6.45, 7) is 17.9. The SMILES string of the molecule is Cc1cc2c(cc1Cc1ccc(C(=O)N(CCCN3CCN(C)CC3)Cc3ccc(F)cc3)o1)C(C)(C)CCC2(C)C. The van der Waals surface area contributed by atoms with Crippen LogP contribution < -0.4 is 0 Å². The Morgan fingerprint density at radius 2 is 1.57 bits per heavy atom. The number of rotatable bonds is 9. The van der Waals surface area contributed by atoms with Crippen LogP contribution in [-0.4, -0.2) is 66.9 Å². The largest absolute Gasteiger partial charge is 0.456 e. The summed E-state index contributed by atoms with van der Waals surface area (Å²) in [4.78, 5) is 20.4. The lowest BCUT2D eigenvalue weighted by Gasteiger charge is -2.42. The molecule has 2 aromatic carbocycles. The van der Waals surface area contributed by atoms with Gasteiger partial charge in [0.2, 0.25) is 0 Å². The van der Waals surface area contributed by atoms with Gasteiger partial charge in [-0.3, -0.25) is 4.79 Å². The van der Waals surface area contributed by atoms with Crippen molar-refractivity contribution in [3.63, 3.8) is 0 Å². The molecule has 2 aliphatic rings. The Morgan fingerprint density at radius 1 is 0.929 bits per heavy atom. The number of carbonyl (C=O) groups excluding carboxylic acids is 1. The number of nitrogens with zero attached hydrogens (tertiary/aromatic N) is 3. The second-order valence-electron chi connectivity index (χ2n) is 13.9. The van der Waals surface area contributed by atoms with Crippen molar-refractivity contribution in [3.05, 3.63) is 93.7 Å². The molecule has 0 radical (unpaired) electrons. The lowest BCUT2D eigenvalue weighted by atomic mass is 9.62. The van der Waals surface area contributed by atoms with Crippen LogP contribution >= 0.6 is 0 Å². The number of fused-ring (bicyclic) bond motifs is 1. The summed E-state index contributed by atoms with van der Waals surface area (Å²) in [5.41, 5.74) is 6.65. The van der Waals surface area contributed by atoms with E-state index in [4.69, 9.17) is 4.42 Å². The van der Waals surface area contributed by atoms with Crippen LogP contribution in [0.2, 0.25) is 0 Å². The molecule has 5 nitrogen and oxygen atoms in total. The van der Waals surface area contributed by atoms with Crippen molar-refractivity contribution in [3.8, 4) is 0 Å². The minimum absolute atomic E-state index is 0.117. The fraction of sp³-hybridized carbons (Fsp3) is 0.528. The maximum Gasteiger partial charge on any atom is 0.289 e. The van der Waals surface area contributed by atoms with Crippen LogP contribution in [0.5, 0.6) is 0 Å². The molecule has 6 heteroatoms. The molecule has 42 heavy (non-hydrogen) atoms. The number of benzene rings is 2. The van der Waals surface area contributed by atoms with Crippen LogP contribution in [0.4, 0.5) is 4.39 Å². The van der Waals surface area contributed by atoms with Gasteiger partial charge < -0.3 is 19.1 Å². The lowest BCUT2D eigenvalue weighted by Crippen LogP contribution is -2.45. The highest BCUT2D eigenvalue weighted by atomic mass is 19.1. The van der Waals surface area contributed by atoms with Crippen LogP contribution in [0.25, 0.3) is 0 Å². The zero-order chi connectivity index (χ0) is 30.1. The van der Waals surface area contributed by atoms with Gasteiger partial charge in [-0.25, -0.2) is 4.39 Å². The number of furan rings is 1. The van der Waals surface area contributed by atoms with E-state index < -0.39 is 0 Å². The molecule has 0 unspecified atom stereocenters. The van der Waals surface area contributed by atoms with Crippen molar-refractivity contribution in [2.45, 2.75) is 77.7 Å². The van der Waals surface area contributed by atoms with Gasteiger partial charge in [0.25, 0.3) is 5.91 Å². The van der Waals surface area contributed by atoms with Crippen molar-refractivity contribution in [1.29, 1.82) is 0 Å². The van der Waals surface area contributed by atoms with Gasteiger partial charge in [0.1, 0.15) is 11.6 Å². The van der Waals surface area contributed by atoms with Crippen LogP contribution in [0, 0.1) is 12.7 Å². The van der Waals surface area contributed by atoms with Crippen LogP contribution in [0.15, 0.2) is 52.9 Å². The molecule has 1 aromatic heterocycles. The number of likely N-dealkylation sites (N-methyl/N-ethyl adjacent to an activating group) is 1. The molecular weight excluding hydrogens is 525 g/mol. The predicted octanol–water partition coefficient (Wildman–Crippen LogP) is 6.95. The molecule has 1 amide bonds. The Labute approximate surface area is 251 Å². The third kappa shape index (κ3) is 6.98. The zero-order valence-electron chi connectivity index (χ0n) is 26.4. The molecule has 1 aliphatic carbocycles. The number of piperazine rings is 1. The normalized spacial score (nSPS) is 18.5. The van der Waals surface area contributed by atoms with Crippen molar-refractivity contribution < 1.29 is 13.6 Å². The van der Waals surface area contributed by atoms with E-state index in [0.29, 0.717) is 25.3 Å². The monoisotopic (exact) mass is 573 g/mol. The van der Waals surface area contributed by atoms with Gasteiger partial charge >= 0.3 is 0 Å². The predicted molar refractivity (Wildman–Crippen MR) is 168 cm³/mol. The standard InChI is InChI=1S/C36H48FN3O2/c1-26-22-31-32(36(4,5)15-14-35(31,2)3)24-28(26)23-30-12-13-33(42-30)34(41)40(25-27-8-10-29(37)11-9-27)17-7-16-39-20-18-38(6)19-21-39/h8-13,22,24H,7,14-21,23,25H2,1-6H3. The maximum atomic E-state index is 13.8. The molecular formula is C36H48FN3O2. The molecule has 1 saturated heterocycles. The highest BCUT2D eigenvalue weighted by Crippen LogP contribution is 2.46. The van der Waals surface area contributed by atoms with Gasteiger partial charge in [-0.1, -0.05) is 52.0 Å². The number of amides is 1. The van der Waals surface area contributed by atoms with Crippen LogP contribution in [0.3, 0.4) is 0 Å². The van der Waals surface area contributed by atoms with Gasteiger partial charge in [-0.2, -0.15) is 0 Å². The van der Waals surface area contributed by atoms with E-state index in [1.165, 1.54) is 47.2 Å². The van der Waals surface area contributed by atoms with Crippen molar-refractivity contribution in [2.24, 2.45) is 0 Å². The van der Waals surface area contributed by atoms with E-state index >= 15 is 0 Å². The fourth-order valence-corrected chi connectivity index (χ4v) is 6.51. The molecule has 0 N–H and O–H groups in total. The average molecular weight is 574 g/mol. The number of carbonyl (C=O) groups is 1. The van der Waals surface area contributed by atoms with Gasteiger partial charge in [0, 0.05) is 45.7 Å². The lowest BCUT2D eigenvalue weighted by molar-refractivity contribution is 0.0695. The average Bonchev–Trinajstić information content (AvgIpc) is 3.42. The van der Waals surface area contributed by atoms with E-state index in [9.17, 15) is 9.18 Å². The molecule has 0 atom stereocenters. The van der Waals surface area contributed by atoms with E-state index in [2.05, 4.69) is 63.6 Å². The minimum Gasteiger partial charge on any atom is -0.456 e. The van der Waals surface area contributed by atoms with E-state index in [-0.39, 0.29) is 22.6 Å². The first-order valence-electron chi connectivity index (χ1n) is 15.6. The smallest absolute Gasteiger partial charge is 0.289 e. The van der Waals surface area contributed by atoms with Crippen molar-refractivity contribution in [2.75, 3.05) is 46.3 Å². The second kappa shape index (κ2) is 12.3. The van der Waals surface area contributed by atoms with E-state index in [1.807, 2.05) is 17.0 Å².